The van der Waals surface area contributed by atoms with Crippen LogP contribution in [0.25, 0.3) is 0 Å². The van der Waals surface area contributed by atoms with Crippen molar-refractivity contribution in [2.24, 2.45) is 0 Å². The van der Waals surface area contributed by atoms with Gasteiger partial charge in [0.25, 0.3) is 0 Å². The molecule has 0 heterocycles. The van der Waals surface area contributed by atoms with Gasteiger partial charge in [0.15, 0.2) is 0 Å². The molecule has 24 heavy (non-hydrogen) atoms. The van der Waals surface area contributed by atoms with Crippen LogP contribution >= 0.6 is 34.2 Å². The van der Waals surface area contributed by atoms with Crippen molar-refractivity contribution in [2.45, 2.75) is 5.92 Å². The SMILES string of the molecule is O=C(Nc1ccc(I)cc1Cl)C(c1ccccc1)c1ccccc1. The van der Waals surface area contributed by atoms with Crippen molar-refractivity contribution in [3.05, 3.63) is 98.6 Å². The fraction of sp³-hybridized carbons (Fsp3) is 0.0500. The highest BCUT2D eigenvalue weighted by Crippen LogP contribution is 2.29. The normalized spacial score (nSPS) is 10.6. The molecule has 0 saturated heterocycles. The Morgan fingerprint density at radius 1 is 0.875 bits per heavy atom. The van der Waals surface area contributed by atoms with Crippen LogP contribution in [0.2, 0.25) is 5.02 Å². The van der Waals surface area contributed by atoms with E-state index in [-0.39, 0.29) is 11.8 Å². The van der Waals surface area contributed by atoms with Gasteiger partial charge in [-0.05, 0) is 51.9 Å². The van der Waals surface area contributed by atoms with Gasteiger partial charge in [0.2, 0.25) is 5.91 Å². The van der Waals surface area contributed by atoms with E-state index in [0.717, 1.165) is 14.7 Å². The van der Waals surface area contributed by atoms with E-state index >= 15 is 0 Å². The molecule has 3 aromatic rings. The van der Waals surface area contributed by atoms with Crippen LogP contribution in [0.3, 0.4) is 0 Å². The van der Waals surface area contributed by atoms with E-state index in [4.69, 9.17) is 11.6 Å². The Balaban J connectivity index is 1.95. The Bertz CT molecular complexity index is 797. The number of hydrogen-bond acceptors (Lipinski definition) is 1. The van der Waals surface area contributed by atoms with Crippen molar-refractivity contribution in [2.75, 3.05) is 5.32 Å². The van der Waals surface area contributed by atoms with Gasteiger partial charge in [0, 0.05) is 3.57 Å². The first-order chi connectivity index (χ1) is 11.6. The van der Waals surface area contributed by atoms with E-state index in [1.165, 1.54) is 0 Å². The molecule has 1 N–H and O–H groups in total. The number of benzene rings is 3. The Hall–Kier alpha value is -1.85. The van der Waals surface area contributed by atoms with Gasteiger partial charge in [0.05, 0.1) is 16.6 Å². The molecular formula is C20H15ClINO. The molecule has 0 unspecified atom stereocenters. The number of anilines is 1. The average Bonchev–Trinajstić information content (AvgIpc) is 2.60. The molecule has 3 rings (SSSR count). The third kappa shape index (κ3) is 3.97. The van der Waals surface area contributed by atoms with Crippen LogP contribution in [0, 0.1) is 3.57 Å². The minimum Gasteiger partial charge on any atom is -0.324 e. The highest BCUT2D eigenvalue weighted by Gasteiger charge is 2.23. The Morgan fingerprint density at radius 3 is 1.92 bits per heavy atom. The lowest BCUT2D eigenvalue weighted by Crippen LogP contribution is -2.22. The minimum absolute atomic E-state index is 0.101. The van der Waals surface area contributed by atoms with Crippen LogP contribution < -0.4 is 5.32 Å². The number of nitrogens with one attached hydrogen (secondary N) is 1. The molecule has 120 valence electrons. The zero-order valence-corrected chi connectivity index (χ0v) is 15.7. The number of rotatable bonds is 4. The van der Waals surface area contributed by atoms with Crippen LogP contribution in [0.1, 0.15) is 17.0 Å². The second kappa shape index (κ2) is 7.81. The van der Waals surface area contributed by atoms with Crippen molar-refractivity contribution in [3.8, 4) is 0 Å². The summed E-state index contributed by atoms with van der Waals surface area (Å²) in [5.74, 6) is -0.488. The highest BCUT2D eigenvalue weighted by atomic mass is 127. The molecule has 0 aliphatic carbocycles. The molecule has 4 heteroatoms. The molecule has 0 atom stereocenters. The van der Waals surface area contributed by atoms with Gasteiger partial charge in [-0.3, -0.25) is 4.79 Å². The number of amides is 1. The van der Waals surface area contributed by atoms with Crippen molar-refractivity contribution < 1.29 is 4.79 Å². The zero-order valence-electron chi connectivity index (χ0n) is 12.7. The third-order valence-corrected chi connectivity index (χ3v) is 4.70. The molecule has 0 fully saturated rings. The lowest BCUT2D eigenvalue weighted by atomic mass is 9.90. The maximum atomic E-state index is 13.0. The van der Waals surface area contributed by atoms with E-state index < -0.39 is 0 Å². The summed E-state index contributed by atoms with van der Waals surface area (Å²) in [4.78, 5) is 13.0. The molecule has 0 bridgehead atoms. The number of carbonyl (C=O) groups is 1. The van der Waals surface area contributed by atoms with E-state index in [2.05, 4.69) is 27.9 Å². The maximum absolute atomic E-state index is 13.0. The topological polar surface area (TPSA) is 29.1 Å². The van der Waals surface area contributed by atoms with Gasteiger partial charge >= 0.3 is 0 Å². The van der Waals surface area contributed by atoms with E-state index in [0.29, 0.717) is 10.7 Å². The smallest absolute Gasteiger partial charge is 0.236 e. The number of carbonyl (C=O) groups excluding carboxylic acids is 1. The molecule has 2 nitrogen and oxygen atoms in total. The summed E-state index contributed by atoms with van der Waals surface area (Å²) in [5.41, 5.74) is 2.52. The van der Waals surface area contributed by atoms with Crippen molar-refractivity contribution in [3.63, 3.8) is 0 Å². The van der Waals surface area contributed by atoms with Crippen LogP contribution in [0.5, 0.6) is 0 Å². The standard InChI is InChI=1S/C20H15ClINO/c21-17-13-16(22)11-12-18(17)23-20(24)19(14-7-3-1-4-8-14)15-9-5-2-6-10-15/h1-13,19H,(H,23,24). The predicted molar refractivity (Wildman–Crippen MR) is 108 cm³/mol. The van der Waals surface area contributed by atoms with Gasteiger partial charge in [-0.25, -0.2) is 0 Å². The largest absolute Gasteiger partial charge is 0.324 e. The average molecular weight is 448 g/mol. The van der Waals surface area contributed by atoms with Gasteiger partial charge < -0.3 is 5.32 Å². The van der Waals surface area contributed by atoms with Gasteiger partial charge in [-0.15, -0.1) is 0 Å². The van der Waals surface area contributed by atoms with Crippen molar-refractivity contribution in [1.29, 1.82) is 0 Å². The Labute approximate surface area is 160 Å². The molecule has 1 amide bonds. The summed E-state index contributed by atoms with van der Waals surface area (Å²) < 4.78 is 1.03. The Kier molecular flexibility index (Phi) is 5.53. The third-order valence-electron chi connectivity index (χ3n) is 3.72. The first-order valence-corrected chi connectivity index (χ1v) is 8.96. The zero-order chi connectivity index (χ0) is 16.9. The first-order valence-electron chi connectivity index (χ1n) is 7.51. The summed E-state index contributed by atoms with van der Waals surface area (Å²) in [5, 5.41) is 3.50. The molecule has 0 saturated carbocycles. The molecule has 0 aliphatic rings. The summed E-state index contributed by atoms with van der Waals surface area (Å²) in [6, 6.07) is 25.1. The lowest BCUT2D eigenvalue weighted by molar-refractivity contribution is -0.116. The second-order valence-electron chi connectivity index (χ2n) is 5.37. The van der Waals surface area contributed by atoms with Gasteiger partial charge in [-0.1, -0.05) is 72.3 Å². The maximum Gasteiger partial charge on any atom is 0.236 e. The second-order valence-corrected chi connectivity index (χ2v) is 7.02. The monoisotopic (exact) mass is 447 g/mol. The summed E-state index contributed by atoms with van der Waals surface area (Å²) in [6.07, 6.45) is 0. The van der Waals surface area contributed by atoms with Crippen molar-refractivity contribution in [1.82, 2.24) is 0 Å². The minimum atomic E-state index is -0.386. The van der Waals surface area contributed by atoms with E-state index in [9.17, 15) is 4.79 Å². The summed E-state index contributed by atoms with van der Waals surface area (Å²) in [6.45, 7) is 0. The summed E-state index contributed by atoms with van der Waals surface area (Å²) in [7, 11) is 0. The fourth-order valence-electron chi connectivity index (χ4n) is 2.58. The van der Waals surface area contributed by atoms with Crippen LogP contribution in [0.15, 0.2) is 78.9 Å². The highest BCUT2D eigenvalue weighted by molar-refractivity contribution is 14.1. The molecule has 0 aliphatic heterocycles. The predicted octanol–water partition coefficient (Wildman–Crippen LogP) is 5.72. The molecular weight excluding hydrogens is 433 g/mol. The lowest BCUT2D eigenvalue weighted by Gasteiger charge is -2.18. The fourth-order valence-corrected chi connectivity index (χ4v) is 3.48. The summed E-state index contributed by atoms with van der Waals surface area (Å²) >= 11 is 8.44. The molecule has 3 aromatic carbocycles. The van der Waals surface area contributed by atoms with Gasteiger partial charge in [-0.2, -0.15) is 0 Å². The van der Waals surface area contributed by atoms with E-state index in [1.54, 1.807) is 0 Å². The quantitative estimate of drug-likeness (QED) is 0.510. The van der Waals surface area contributed by atoms with Crippen LogP contribution in [-0.4, -0.2) is 5.91 Å². The van der Waals surface area contributed by atoms with Gasteiger partial charge in [0.1, 0.15) is 0 Å². The van der Waals surface area contributed by atoms with E-state index in [1.807, 2.05) is 78.9 Å². The molecule has 0 spiro atoms. The molecule has 0 radical (unpaired) electrons. The van der Waals surface area contributed by atoms with Crippen LogP contribution in [-0.2, 0) is 4.79 Å². The number of hydrogen-bond donors (Lipinski definition) is 1. The van der Waals surface area contributed by atoms with Crippen LogP contribution in [0.4, 0.5) is 5.69 Å². The Morgan fingerprint density at radius 2 is 1.42 bits per heavy atom. The number of halogens is 2. The molecule has 0 aromatic heterocycles. The van der Waals surface area contributed by atoms with Crippen molar-refractivity contribution >= 4 is 45.8 Å². The first kappa shape index (κ1) is 17.0.